The van der Waals surface area contributed by atoms with E-state index in [9.17, 15) is 4.39 Å². The first-order valence-corrected chi connectivity index (χ1v) is 5.82. The number of benzene rings is 1. The molecule has 0 saturated carbocycles. The largest absolute Gasteiger partial charge is 0.496 e. The summed E-state index contributed by atoms with van der Waals surface area (Å²) in [5.74, 6) is 5.78. The zero-order chi connectivity index (χ0) is 12.3. The molecule has 0 fully saturated rings. The third kappa shape index (κ3) is 2.44. The summed E-state index contributed by atoms with van der Waals surface area (Å²) in [4.78, 5) is 4.88. The van der Waals surface area contributed by atoms with Gasteiger partial charge >= 0.3 is 0 Å². The fourth-order valence-corrected chi connectivity index (χ4v) is 2.32. The summed E-state index contributed by atoms with van der Waals surface area (Å²) in [6, 6.07) is 4.01. The molecule has 1 heterocycles. The van der Waals surface area contributed by atoms with Gasteiger partial charge in [-0.05, 0) is 18.2 Å². The minimum Gasteiger partial charge on any atom is -0.496 e. The highest BCUT2D eigenvalue weighted by molar-refractivity contribution is 7.09. The Hall–Kier alpha value is -1.50. The smallest absolute Gasteiger partial charge is 0.124 e. The molecule has 1 aromatic carbocycles. The van der Waals surface area contributed by atoms with Crippen LogP contribution in [0.5, 0.6) is 5.75 Å². The Labute approximate surface area is 102 Å². The van der Waals surface area contributed by atoms with Crippen LogP contribution in [-0.2, 0) is 0 Å². The second-order valence-electron chi connectivity index (χ2n) is 3.39. The Kier molecular flexibility index (Phi) is 3.68. The lowest BCUT2D eigenvalue weighted by atomic mass is 10.1. The number of nitrogens with one attached hydrogen (secondary N) is 1. The van der Waals surface area contributed by atoms with Gasteiger partial charge in [0.25, 0.3) is 0 Å². The molecule has 2 aromatic rings. The number of nitrogens with zero attached hydrogens (tertiary/aromatic N) is 1. The van der Waals surface area contributed by atoms with Crippen LogP contribution >= 0.6 is 11.3 Å². The van der Waals surface area contributed by atoms with Gasteiger partial charge in [0.2, 0.25) is 0 Å². The van der Waals surface area contributed by atoms with Crippen LogP contribution in [0.2, 0.25) is 0 Å². The van der Waals surface area contributed by atoms with Gasteiger partial charge in [-0.25, -0.2) is 9.82 Å². The van der Waals surface area contributed by atoms with Gasteiger partial charge in [0.05, 0.1) is 18.7 Å². The lowest BCUT2D eigenvalue weighted by molar-refractivity contribution is 0.403. The third-order valence-electron chi connectivity index (χ3n) is 2.41. The molecule has 1 unspecified atom stereocenters. The molecule has 1 aromatic heterocycles. The predicted molar refractivity (Wildman–Crippen MR) is 64.2 cm³/mol. The number of nitrogens with two attached hydrogens (primary N) is 1. The van der Waals surface area contributed by atoms with E-state index in [1.165, 1.54) is 30.6 Å². The summed E-state index contributed by atoms with van der Waals surface area (Å²) in [5.41, 5.74) is 5.00. The number of halogens is 1. The third-order valence-corrected chi connectivity index (χ3v) is 3.25. The van der Waals surface area contributed by atoms with E-state index in [2.05, 4.69) is 10.4 Å². The van der Waals surface area contributed by atoms with Crippen LogP contribution in [0.1, 0.15) is 16.5 Å². The number of hydrazine groups is 1. The molecule has 0 aliphatic heterocycles. The first-order chi connectivity index (χ1) is 8.26. The molecule has 6 heteroatoms. The van der Waals surface area contributed by atoms with Crippen molar-refractivity contribution in [2.45, 2.75) is 6.04 Å². The average Bonchev–Trinajstić information content (AvgIpc) is 2.84. The highest BCUT2D eigenvalue weighted by atomic mass is 32.1. The highest BCUT2D eigenvalue weighted by Gasteiger charge is 2.19. The van der Waals surface area contributed by atoms with Crippen LogP contribution in [0.25, 0.3) is 0 Å². The second kappa shape index (κ2) is 5.22. The zero-order valence-electron chi connectivity index (χ0n) is 9.18. The summed E-state index contributed by atoms with van der Waals surface area (Å²) in [5, 5.41) is 0. The van der Waals surface area contributed by atoms with Gasteiger partial charge in [0.15, 0.2) is 0 Å². The Morgan fingerprint density at radius 3 is 2.94 bits per heavy atom. The molecule has 0 aliphatic carbocycles. The number of ether oxygens (including phenoxy) is 1. The Morgan fingerprint density at radius 2 is 2.35 bits per heavy atom. The predicted octanol–water partition coefficient (Wildman–Crippen LogP) is 1.84. The van der Waals surface area contributed by atoms with Crippen LogP contribution < -0.4 is 16.0 Å². The first-order valence-electron chi connectivity index (χ1n) is 4.94. The van der Waals surface area contributed by atoms with E-state index in [1.54, 1.807) is 17.8 Å². The van der Waals surface area contributed by atoms with Crippen molar-refractivity contribution in [3.8, 4) is 5.75 Å². The summed E-state index contributed by atoms with van der Waals surface area (Å²) in [6.07, 6.45) is 1.69. The lowest BCUT2D eigenvalue weighted by Crippen LogP contribution is -2.28. The fourth-order valence-electron chi connectivity index (χ4n) is 1.62. The lowest BCUT2D eigenvalue weighted by Gasteiger charge is -2.17. The summed E-state index contributed by atoms with van der Waals surface area (Å²) >= 11 is 1.44. The maximum absolute atomic E-state index is 13.3. The fraction of sp³-hybridized carbons (Fsp3) is 0.182. The number of methoxy groups -OCH3 is 1. The second-order valence-corrected chi connectivity index (χ2v) is 4.31. The van der Waals surface area contributed by atoms with Crippen molar-refractivity contribution < 1.29 is 9.13 Å². The molecule has 0 radical (unpaired) electrons. The molecule has 17 heavy (non-hydrogen) atoms. The van der Waals surface area contributed by atoms with E-state index in [4.69, 9.17) is 10.6 Å². The van der Waals surface area contributed by atoms with Gasteiger partial charge in [0, 0.05) is 16.6 Å². The van der Waals surface area contributed by atoms with Crippen molar-refractivity contribution in [1.82, 2.24) is 10.4 Å². The minimum atomic E-state index is -0.328. The Morgan fingerprint density at radius 1 is 1.53 bits per heavy atom. The van der Waals surface area contributed by atoms with Crippen molar-refractivity contribution in [1.29, 1.82) is 0 Å². The first kappa shape index (κ1) is 12.0. The monoisotopic (exact) mass is 253 g/mol. The maximum Gasteiger partial charge on any atom is 0.124 e. The molecule has 0 saturated heterocycles. The number of rotatable bonds is 4. The van der Waals surface area contributed by atoms with E-state index in [0.717, 1.165) is 4.88 Å². The molecular weight excluding hydrogens is 241 g/mol. The summed E-state index contributed by atoms with van der Waals surface area (Å²) < 4.78 is 18.5. The molecule has 1 atom stereocenters. The van der Waals surface area contributed by atoms with Crippen LogP contribution in [0.4, 0.5) is 4.39 Å². The maximum atomic E-state index is 13.3. The number of thiazole rings is 1. The summed E-state index contributed by atoms with van der Waals surface area (Å²) in [7, 11) is 1.54. The molecule has 0 bridgehead atoms. The van der Waals surface area contributed by atoms with Gasteiger partial charge < -0.3 is 4.74 Å². The molecule has 0 amide bonds. The molecule has 3 N–H and O–H groups in total. The van der Waals surface area contributed by atoms with Gasteiger partial charge in [-0.15, -0.1) is 11.3 Å². The number of aromatic nitrogens is 1. The SMILES string of the molecule is COc1ccc(F)cc1C(NN)c1cncs1. The zero-order valence-corrected chi connectivity index (χ0v) is 10.00. The van der Waals surface area contributed by atoms with E-state index in [1.807, 2.05) is 0 Å². The highest BCUT2D eigenvalue weighted by Crippen LogP contribution is 2.31. The Balaban J connectivity index is 2.46. The van der Waals surface area contributed by atoms with Crippen molar-refractivity contribution >= 4 is 11.3 Å². The molecule has 90 valence electrons. The van der Waals surface area contributed by atoms with Crippen molar-refractivity contribution in [3.05, 3.63) is 46.2 Å². The van der Waals surface area contributed by atoms with Gasteiger partial charge in [-0.3, -0.25) is 10.8 Å². The van der Waals surface area contributed by atoms with Crippen molar-refractivity contribution in [2.24, 2.45) is 5.84 Å². The van der Waals surface area contributed by atoms with Gasteiger partial charge in [-0.2, -0.15) is 0 Å². The summed E-state index contributed by atoms with van der Waals surface area (Å²) in [6.45, 7) is 0. The van der Waals surface area contributed by atoms with Crippen LogP contribution in [-0.4, -0.2) is 12.1 Å². The van der Waals surface area contributed by atoms with Gasteiger partial charge in [-0.1, -0.05) is 0 Å². The normalized spacial score (nSPS) is 12.4. The molecule has 0 aliphatic rings. The molecule has 0 spiro atoms. The van der Waals surface area contributed by atoms with E-state index in [-0.39, 0.29) is 11.9 Å². The Bertz CT molecular complexity index is 489. The van der Waals surface area contributed by atoms with Crippen LogP contribution in [0.3, 0.4) is 0 Å². The number of hydrogen-bond acceptors (Lipinski definition) is 5. The molecule has 4 nitrogen and oxygen atoms in total. The average molecular weight is 253 g/mol. The van der Waals surface area contributed by atoms with E-state index >= 15 is 0 Å². The van der Waals surface area contributed by atoms with Crippen LogP contribution in [0, 0.1) is 5.82 Å². The minimum absolute atomic E-state index is 0.326. The van der Waals surface area contributed by atoms with E-state index in [0.29, 0.717) is 11.3 Å². The van der Waals surface area contributed by atoms with Gasteiger partial charge in [0.1, 0.15) is 11.6 Å². The van der Waals surface area contributed by atoms with Crippen molar-refractivity contribution in [2.75, 3.05) is 7.11 Å². The molecule has 2 rings (SSSR count). The quantitative estimate of drug-likeness (QED) is 0.645. The number of hydrogen-bond donors (Lipinski definition) is 2. The topological polar surface area (TPSA) is 60.2 Å². The molecular formula is C11H12FN3OS. The van der Waals surface area contributed by atoms with Crippen LogP contribution in [0.15, 0.2) is 29.9 Å². The van der Waals surface area contributed by atoms with E-state index < -0.39 is 0 Å². The van der Waals surface area contributed by atoms with Crippen molar-refractivity contribution in [3.63, 3.8) is 0 Å². The standard InChI is InChI=1S/C11H12FN3OS/c1-16-9-3-2-7(12)4-8(9)11(15-13)10-5-14-6-17-10/h2-6,11,15H,13H2,1H3.